The van der Waals surface area contributed by atoms with Gasteiger partial charge in [0, 0.05) is 12.5 Å². The molecule has 0 bridgehead atoms. The average Bonchev–Trinajstić information content (AvgIpc) is 3.46. The number of carbonyl (C=O) groups is 1. The highest BCUT2D eigenvalue weighted by Crippen LogP contribution is 2.44. The van der Waals surface area contributed by atoms with Crippen molar-refractivity contribution in [2.45, 2.75) is 30.9 Å². The summed E-state index contributed by atoms with van der Waals surface area (Å²) in [5, 5.41) is 11.0. The summed E-state index contributed by atoms with van der Waals surface area (Å²) in [6, 6.07) is 23.7. The number of ether oxygens (including phenoxy) is 2. The standard InChI is InChI=1S/C27H27NO4/c1-31-19-14-12-18(13-15-19)26(29)25-11-6-16-28(25)27(30)32-17-24-22-9-4-2-7-20(22)21-8-3-5-10-23(21)24/h2-5,7-10,12-15,24-26,29H,6,11,16-17H2,1H3. The predicted octanol–water partition coefficient (Wildman–Crippen LogP) is 5.14. The Bertz CT molecular complexity index is 1070. The number of likely N-dealkylation sites (tertiary alicyclic amines) is 1. The molecule has 5 heteroatoms. The number of amides is 1. The number of rotatable bonds is 5. The fourth-order valence-corrected chi connectivity index (χ4v) is 5.05. The maximum absolute atomic E-state index is 13.0. The number of benzene rings is 3. The van der Waals surface area contributed by atoms with E-state index in [0.29, 0.717) is 6.54 Å². The molecule has 1 aliphatic carbocycles. The van der Waals surface area contributed by atoms with Crippen LogP contribution in [-0.4, -0.2) is 42.4 Å². The molecule has 1 heterocycles. The van der Waals surface area contributed by atoms with Gasteiger partial charge in [0.15, 0.2) is 0 Å². The number of hydrogen-bond acceptors (Lipinski definition) is 4. The zero-order chi connectivity index (χ0) is 22.1. The van der Waals surface area contributed by atoms with Crippen molar-refractivity contribution in [1.82, 2.24) is 4.90 Å². The number of hydrogen-bond donors (Lipinski definition) is 1. The molecule has 2 unspecified atom stereocenters. The molecule has 3 aromatic rings. The Morgan fingerprint density at radius 3 is 2.25 bits per heavy atom. The summed E-state index contributed by atoms with van der Waals surface area (Å²) in [6.45, 7) is 0.878. The van der Waals surface area contributed by atoms with Gasteiger partial charge in [0.25, 0.3) is 0 Å². The first kappa shape index (κ1) is 20.6. The van der Waals surface area contributed by atoms with E-state index in [1.54, 1.807) is 12.0 Å². The Hall–Kier alpha value is -3.31. The Balaban J connectivity index is 1.30. The van der Waals surface area contributed by atoms with Crippen LogP contribution < -0.4 is 4.74 Å². The van der Waals surface area contributed by atoms with Gasteiger partial charge in [-0.05, 0) is 52.8 Å². The first-order chi connectivity index (χ1) is 15.7. The second-order valence-corrected chi connectivity index (χ2v) is 8.42. The number of aliphatic hydroxyl groups excluding tert-OH is 1. The predicted molar refractivity (Wildman–Crippen MR) is 123 cm³/mol. The fourth-order valence-electron chi connectivity index (χ4n) is 5.05. The smallest absolute Gasteiger partial charge is 0.410 e. The van der Waals surface area contributed by atoms with Crippen molar-refractivity contribution in [2.75, 3.05) is 20.3 Å². The molecule has 164 valence electrons. The third-order valence-corrected chi connectivity index (χ3v) is 6.69. The monoisotopic (exact) mass is 429 g/mol. The number of methoxy groups -OCH3 is 1. The van der Waals surface area contributed by atoms with Gasteiger partial charge >= 0.3 is 6.09 Å². The number of fused-ring (bicyclic) bond motifs is 3. The lowest BCUT2D eigenvalue weighted by Gasteiger charge is -2.29. The molecule has 0 radical (unpaired) electrons. The molecule has 32 heavy (non-hydrogen) atoms. The summed E-state index contributed by atoms with van der Waals surface area (Å²) >= 11 is 0. The highest BCUT2D eigenvalue weighted by atomic mass is 16.6. The van der Waals surface area contributed by atoms with E-state index in [4.69, 9.17) is 9.47 Å². The molecule has 0 aromatic heterocycles. The van der Waals surface area contributed by atoms with Crippen LogP contribution in [0.2, 0.25) is 0 Å². The van der Waals surface area contributed by atoms with Crippen LogP contribution in [0.4, 0.5) is 4.79 Å². The molecule has 0 spiro atoms. The normalized spacial score (nSPS) is 18.2. The molecule has 1 aliphatic heterocycles. The summed E-state index contributed by atoms with van der Waals surface area (Å²) in [4.78, 5) is 14.7. The van der Waals surface area contributed by atoms with Crippen LogP contribution in [-0.2, 0) is 4.74 Å². The molecule has 1 N–H and O–H groups in total. The van der Waals surface area contributed by atoms with E-state index in [2.05, 4.69) is 24.3 Å². The largest absolute Gasteiger partial charge is 0.497 e. The van der Waals surface area contributed by atoms with Gasteiger partial charge in [0.05, 0.1) is 19.3 Å². The summed E-state index contributed by atoms with van der Waals surface area (Å²) in [7, 11) is 1.61. The first-order valence-electron chi connectivity index (χ1n) is 11.1. The van der Waals surface area contributed by atoms with Crippen molar-refractivity contribution in [3.63, 3.8) is 0 Å². The van der Waals surface area contributed by atoms with Gasteiger partial charge in [0.1, 0.15) is 12.4 Å². The summed E-state index contributed by atoms with van der Waals surface area (Å²) in [5.74, 6) is 0.764. The van der Waals surface area contributed by atoms with Crippen LogP contribution in [0.25, 0.3) is 11.1 Å². The Morgan fingerprint density at radius 1 is 1.00 bits per heavy atom. The lowest BCUT2D eigenvalue weighted by atomic mass is 9.98. The maximum Gasteiger partial charge on any atom is 0.410 e. The lowest BCUT2D eigenvalue weighted by molar-refractivity contribution is 0.0498. The molecular formula is C27H27NO4. The topological polar surface area (TPSA) is 59.0 Å². The molecule has 0 saturated carbocycles. The van der Waals surface area contributed by atoms with Gasteiger partial charge < -0.3 is 19.5 Å². The van der Waals surface area contributed by atoms with Crippen LogP contribution >= 0.6 is 0 Å². The maximum atomic E-state index is 13.0. The van der Waals surface area contributed by atoms with E-state index in [-0.39, 0.29) is 24.7 Å². The average molecular weight is 430 g/mol. The van der Waals surface area contributed by atoms with Gasteiger partial charge in [0.2, 0.25) is 0 Å². The van der Waals surface area contributed by atoms with Crippen LogP contribution in [0.5, 0.6) is 5.75 Å². The second-order valence-electron chi connectivity index (χ2n) is 8.42. The van der Waals surface area contributed by atoms with Gasteiger partial charge in [-0.1, -0.05) is 60.7 Å². The van der Waals surface area contributed by atoms with Crippen LogP contribution in [0.3, 0.4) is 0 Å². The zero-order valence-corrected chi connectivity index (χ0v) is 18.1. The molecule has 5 nitrogen and oxygen atoms in total. The van der Waals surface area contributed by atoms with Gasteiger partial charge in [-0.15, -0.1) is 0 Å². The van der Waals surface area contributed by atoms with Crippen LogP contribution in [0.1, 0.15) is 41.6 Å². The van der Waals surface area contributed by atoms with E-state index >= 15 is 0 Å². The summed E-state index contributed by atoms with van der Waals surface area (Å²) < 4.78 is 11.0. The minimum atomic E-state index is -0.760. The fraction of sp³-hybridized carbons (Fsp3) is 0.296. The number of aliphatic hydroxyl groups is 1. The quantitative estimate of drug-likeness (QED) is 0.610. The van der Waals surface area contributed by atoms with Gasteiger partial charge in [-0.3, -0.25) is 0 Å². The molecule has 1 amide bonds. The second kappa shape index (κ2) is 8.67. The number of carbonyl (C=O) groups excluding carboxylic acids is 1. The highest BCUT2D eigenvalue weighted by Gasteiger charge is 2.37. The summed E-state index contributed by atoms with van der Waals surface area (Å²) in [6.07, 6.45) is 0.477. The van der Waals surface area contributed by atoms with Crippen LogP contribution in [0.15, 0.2) is 72.8 Å². The molecule has 5 rings (SSSR count). The molecule has 1 fully saturated rings. The molecule has 2 aliphatic rings. The molecular weight excluding hydrogens is 402 g/mol. The van der Waals surface area contributed by atoms with Crippen molar-refractivity contribution in [2.24, 2.45) is 0 Å². The Labute approximate surface area is 188 Å². The third-order valence-electron chi connectivity index (χ3n) is 6.69. The van der Waals surface area contributed by atoms with Crippen molar-refractivity contribution in [3.05, 3.63) is 89.5 Å². The van der Waals surface area contributed by atoms with Crippen molar-refractivity contribution >= 4 is 6.09 Å². The highest BCUT2D eigenvalue weighted by molar-refractivity contribution is 5.79. The first-order valence-corrected chi connectivity index (χ1v) is 11.1. The Morgan fingerprint density at radius 2 is 1.62 bits per heavy atom. The van der Waals surface area contributed by atoms with Gasteiger partial charge in [-0.25, -0.2) is 4.79 Å². The van der Waals surface area contributed by atoms with E-state index in [9.17, 15) is 9.90 Å². The van der Waals surface area contributed by atoms with E-state index < -0.39 is 6.10 Å². The van der Waals surface area contributed by atoms with E-state index in [1.807, 2.05) is 48.5 Å². The Kier molecular flexibility index (Phi) is 5.58. The lowest BCUT2D eigenvalue weighted by Crippen LogP contribution is -2.40. The van der Waals surface area contributed by atoms with Crippen molar-refractivity contribution in [3.8, 4) is 16.9 Å². The van der Waals surface area contributed by atoms with Gasteiger partial charge in [-0.2, -0.15) is 0 Å². The minimum absolute atomic E-state index is 0.0268. The molecule has 3 aromatic carbocycles. The van der Waals surface area contributed by atoms with E-state index in [1.165, 1.54) is 22.3 Å². The third kappa shape index (κ3) is 3.63. The summed E-state index contributed by atoms with van der Waals surface area (Å²) in [5.41, 5.74) is 5.57. The molecule has 1 saturated heterocycles. The minimum Gasteiger partial charge on any atom is -0.497 e. The van der Waals surface area contributed by atoms with Crippen molar-refractivity contribution in [1.29, 1.82) is 0 Å². The number of nitrogens with zero attached hydrogens (tertiary/aromatic N) is 1. The van der Waals surface area contributed by atoms with E-state index in [0.717, 1.165) is 24.2 Å². The van der Waals surface area contributed by atoms with Crippen molar-refractivity contribution < 1.29 is 19.4 Å². The van der Waals surface area contributed by atoms with Crippen LogP contribution in [0, 0.1) is 0 Å². The molecule has 2 atom stereocenters. The zero-order valence-electron chi connectivity index (χ0n) is 18.1. The SMILES string of the molecule is COc1ccc(C(O)C2CCCN2C(=O)OCC2c3ccccc3-c3ccccc32)cc1.